The second-order valence-corrected chi connectivity index (χ2v) is 12.9. The fourth-order valence-corrected chi connectivity index (χ4v) is 6.36. The minimum Gasteiger partial charge on any atom is -0.461 e. The molecule has 3 aromatic rings. The molecule has 0 amide bonds. The average Bonchev–Trinajstić information content (AvgIpc) is 3.64. The fraction of sp³-hybridized carbons (Fsp3) is 0.333. The highest BCUT2D eigenvalue weighted by Gasteiger charge is 2.47. The Kier molecular flexibility index (Phi) is 14.7. The van der Waals surface area contributed by atoms with Crippen molar-refractivity contribution in [3.8, 4) is 6.07 Å². The number of rotatable bonds is 17. The fourth-order valence-electron chi connectivity index (χ4n) is 5.00. The molecule has 1 aliphatic rings. The second kappa shape index (κ2) is 19.4. The van der Waals surface area contributed by atoms with Gasteiger partial charge in [0.05, 0.1) is 49.5 Å². The molecule has 4 rings (SSSR count). The van der Waals surface area contributed by atoms with Gasteiger partial charge in [0.25, 0.3) is 0 Å². The SMILES string of the molecule is C=CCOC(=O)CCC(=O)OCC(=O)O[C@@](Cn1cncn1)(c1ccc(F)cc1F)[C@@H](C)SC1COC(/C=C/C=C/c2ccc(C#N)cc2F)OC1. The number of thioether (sulfide) groups is 1. The molecule has 1 saturated heterocycles. The molecule has 0 unspecified atom stereocenters. The highest BCUT2D eigenvalue weighted by atomic mass is 32.2. The van der Waals surface area contributed by atoms with Crippen LogP contribution >= 0.6 is 11.8 Å². The van der Waals surface area contributed by atoms with E-state index in [1.54, 1.807) is 25.2 Å². The van der Waals surface area contributed by atoms with E-state index in [9.17, 15) is 23.2 Å². The Morgan fingerprint density at radius 3 is 2.48 bits per heavy atom. The average molecular weight is 741 g/mol. The van der Waals surface area contributed by atoms with Crippen LogP contribution in [0, 0.1) is 28.8 Å². The number of hydrogen-bond donors (Lipinski definition) is 0. The summed E-state index contributed by atoms with van der Waals surface area (Å²) in [4.78, 5) is 41.2. The van der Waals surface area contributed by atoms with E-state index in [4.69, 9.17) is 28.9 Å². The monoisotopic (exact) mass is 740 g/mol. The smallest absolute Gasteiger partial charge is 0.345 e. The number of benzene rings is 2. The van der Waals surface area contributed by atoms with Crippen LogP contribution in [-0.2, 0) is 50.2 Å². The summed E-state index contributed by atoms with van der Waals surface area (Å²) in [6.45, 7) is 4.30. The number of carbonyl (C=O) groups is 3. The van der Waals surface area contributed by atoms with Crippen molar-refractivity contribution < 1.29 is 51.2 Å². The molecule has 1 fully saturated rings. The van der Waals surface area contributed by atoms with E-state index >= 15 is 4.39 Å². The molecule has 1 aromatic heterocycles. The highest BCUT2D eigenvalue weighted by Crippen LogP contribution is 2.42. The van der Waals surface area contributed by atoms with E-state index in [2.05, 4.69) is 16.7 Å². The Labute approximate surface area is 301 Å². The number of carbonyl (C=O) groups excluding carboxylic acids is 3. The lowest BCUT2D eigenvalue weighted by Gasteiger charge is -2.40. The standard InChI is InChI=1S/C36H35F3N4O8S/c1-3-14-47-32(44)12-13-33(45)48-20-34(46)51-36(21-43-23-41-22-42-43,29-11-10-27(37)16-31(29)39)24(2)52-28-18-49-35(50-19-28)7-5-4-6-26-9-8-25(17-40)15-30(26)38/h3-11,15-16,22-24,28,35H,1,12-14,18-21H2,2H3/b6-4+,7-5+/t24-,28?,35?,36-/m1/s1. The van der Waals surface area contributed by atoms with E-state index in [-0.39, 0.29) is 55.6 Å². The van der Waals surface area contributed by atoms with Crippen molar-refractivity contribution in [3.05, 3.63) is 114 Å². The molecule has 2 atom stereocenters. The van der Waals surface area contributed by atoms with Gasteiger partial charge in [0.1, 0.15) is 36.7 Å². The summed E-state index contributed by atoms with van der Waals surface area (Å²) < 4.78 is 72.6. The first-order chi connectivity index (χ1) is 25.0. The van der Waals surface area contributed by atoms with Gasteiger partial charge in [-0.25, -0.2) is 27.6 Å². The Hall–Kier alpha value is -5.24. The lowest BCUT2D eigenvalue weighted by atomic mass is 9.89. The van der Waals surface area contributed by atoms with E-state index < -0.39 is 59.1 Å². The Bertz CT molecular complexity index is 1810. The summed E-state index contributed by atoms with van der Waals surface area (Å²) in [5, 5.41) is 11.9. The van der Waals surface area contributed by atoms with Crippen LogP contribution in [0.4, 0.5) is 13.2 Å². The maximum Gasteiger partial charge on any atom is 0.345 e. The first kappa shape index (κ1) is 39.5. The van der Waals surface area contributed by atoms with Gasteiger partial charge >= 0.3 is 17.9 Å². The van der Waals surface area contributed by atoms with Gasteiger partial charge in [-0.2, -0.15) is 10.4 Å². The van der Waals surface area contributed by atoms with Crippen LogP contribution in [-0.4, -0.2) is 75.9 Å². The molecule has 1 aliphatic heterocycles. The molecule has 2 aromatic carbocycles. The second-order valence-electron chi connectivity index (χ2n) is 11.2. The van der Waals surface area contributed by atoms with Gasteiger partial charge in [-0.15, -0.1) is 11.8 Å². The summed E-state index contributed by atoms with van der Waals surface area (Å²) >= 11 is 1.26. The van der Waals surface area contributed by atoms with Crippen molar-refractivity contribution in [1.29, 1.82) is 5.26 Å². The van der Waals surface area contributed by atoms with Gasteiger partial charge < -0.3 is 23.7 Å². The van der Waals surface area contributed by atoms with Gasteiger partial charge in [-0.05, 0) is 37.3 Å². The van der Waals surface area contributed by atoms with E-state index in [1.165, 1.54) is 59.4 Å². The molecule has 0 bridgehead atoms. The molecule has 0 N–H and O–H groups in total. The van der Waals surface area contributed by atoms with Crippen LogP contribution in [0.25, 0.3) is 6.08 Å². The molecular formula is C36H35F3N4O8S. The summed E-state index contributed by atoms with van der Waals surface area (Å²) in [5.41, 5.74) is -1.51. The van der Waals surface area contributed by atoms with Gasteiger partial charge in [0, 0.05) is 22.4 Å². The molecule has 2 heterocycles. The zero-order valence-electron chi connectivity index (χ0n) is 28.0. The molecule has 0 aliphatic carbocycles. The summed E-state index contributed by atoms with van der Waals surface area (Å²) in [7, 11) is 0. The van der Waals surface area contributed by atoms with Crippen LogP contribution in [0.1, 0.15) is 36.5 Å². The predicted octanol–water partition coefficient (Wildman–Crippen LogP) is 5.19. The molecule has 12 nitrogen and oxygen atoms in total. The molecule has 274 valence electrons. The predicted molar refractivity (Wildman–Crippen MR) is 181 cm³/mol. The number of ether oxygens (including phenoxy) is 5. The number of allylic oxidation sites excluding steroid dienone is 2. The maximum atomic E-state index is 15.6. The van der Waals surface area contributed by atoms with Gasteiger partial charge in [0.2, 0.25) is 0 Å². The number of esters is 3. The zero-order chi connectivity index (χ0) is 37.5. The molecule has 52 heavy (non-hydrogen) atoms. The van der Waals surface area contributed by atoms with Gasteiger partial charge in [0.15, 0.2) is 18.5 Å². The van der Waals surface area contributed by atoms with Crippen LogP contribution in [0.5, 0.6) is 0 Å². The zero-order valence-corrected chi connectivity index (χ0v) is 28.8. The van der Waals surface area contributed by atoms with Gasteiger partial charge in [-0.1, -0.05) is 36.9 Å². The maximum absolute atomic E-state index is 15.6. The topological polar surface area (TPSA) is 152 Å². The largest absolute Gasteiger partial charge is 0.461 e. The first-order valence-electron chi connectivity index (χ1n) is 15.9. The molecule has 16 heteroatoms. The third-order valence-corrected chi connectivity index (χ3v) is 8.97. The number of nitrogens with zero attached hydrogens (tertiary/aromatic N) is 4. The lowest BCUT2D eigenvalue weighted by Crippen LogP contribution is -2.47. The number of hydrogen-bond acceptors (Lipinski definition) is 12. The third kappa shape index (κ3) is 11.4. The highest BCUT2D eigenvalue weighted by molar-refractivity contribution is 8.00. The van der Waals surface area contributed by atoms with Crippen molar-refractivity contribution in [3.63, 3.8) is 0 Å². The van der Waals surface area contributed by atoms with E-state index in [0.29, 0.717) is 11.6 Å². The third-order valence-electron chi connectivity index (χ3n) is 7.52. The van der Waals surface area contributed by atoms with Crippen LogP contribution in [0.3, 0.4) is 0 Å². The van der Waals surface area contributed by atoms with Crippen LogP contribution in [0.2, 0.25) is 0 Å². The molecule has 0 spiro atoms. The van der Waals surface area contributed by atoms with Crippen molar-refractivity contribution in [2.24, 2.45) is 0 Å². The molecule has 0 saturated carbocycles. The minimum atomic E-state index is -1.85. The van der Waals surface area contributed by atoms with Crippen molar-refractivity contribution >= 4 is 35.7 Å². The summed E-state index contributed by atoms with van der Waals surface area (Å²) in [6, 6.07) is 8.88. The number of nitriles is 1. The van der Waals surface area contributed by atoms with Crippen molar-refractivity contribution in [1.82, 2.24) is 14.8 Å². The van der Waals surface area contributed by atoms with Crippen molar-refractivity contribution in [2.45, 2.75) is 48.7 Å². The van der Waals surface area contributed by atoms with E-state index in [0.717, 1.165) is 12.1 Å². The Morgan fingerprint density at radius 1 is 1.08 bits per heavy atom. The number of halogens is 3. The normalized spacial score (nSPS) is 17.6. The van der Waals surface area contributed by atoms with Crippen LogP contribution < -0.4 is 0 Å². The number of aromatic nitrogens is 3. The van der Waals surface area contributed by atoms with Crippen molar-refractivity contribution in [2.75, 3.05) is 26.4 Å². The first-order valence-corrected chi connectivity index (χ1v) is 16.8. The lowest BCUT2D eigenvalue weighted by molar-refractivity contribution is -0.173. The quantitative estimate of drug-likeness (QED) is 0.0775. The minimum absolute atomic E-state index is 0.0240. The van der Waals surface area contributed by atoms with E-state index in [1.807, 2.05) is 6.07 Å². The summed E-state index contributed by atoms with van der Waals surface area (Å²) in [5.74, 6) is -4.96. The Morgan fingerprint density at radius 2 is 1.83 bits per heavy atom. The summed E-state index contributed by atoms with van der Waals surface area (Å²) in [6.07, 6.45) is 8.94. The molecular weight excluding hydrogens is 705 g/mol. The van der Waals surface area contributed by atoms with Gasteiger partial charge in [-0.3, -0.25) is 9.59 Å². The molecule has 0 radical (unpaired) electrons. The Balaban J connectivity index is 1.46. The van der Waals surface area contributed by atoms with Crippen LogP contribution in [0.15, 0.2) is 79.9 Å².